The number of halogens is 1. The van der Waals surface area contributed by atoms with Crippen LogP contribution in [0.15, 0.2) is 78.2 Å². The molecule has 6 rings (SSSR count). The molecule has 1 saturated heterocycles. The molecule has 0 saturated carbocycles. The van der Waals surface area contributed by atoms with Gasteiger partial charge in [0.2, 0.25) is 5.91 Å². The smallest absolute Gasteiger partial charge is 0.293 e. The van der Waals surface area contributed by atoms with Crippen LogP contribution in [0.5, 0.6) is 0 Å². The molecule has 3 aromatic carbocycles. The number of carbonyl (C=O) groups is 3. The van der Waals surface area contributed by atoms with E-state index in [0.717, 1.165) is 16.0 Å². The largest absolute Gasteiger partial charge is 0.397 e. The number of ether oxygens (including phenoxy) is 2. The Balaban J connectivity index is 1.07. The van der Waals surface area contributed by atoms with Gasteiger partial charge in [0.25, 0.3) is 17.6 Å². The summed E-state index contributed by atoms with van der Waals surface area (Å²) in [5, 5.41) is 8.14. The fourth-order valence-corrected chi connectivity index (χ4v) is 5.78. The summed E-state index contributed by atoms with van der Waals surface area (Å²) in [6.07, 6.45) is 0. The van der Waals surface area contributed by atoms with Gasteiger partial charge in [-0.05, 0) is 65.0 Å². The average molecular weight is 589 g/mol. The Labute approximate surface area is 244 Å². The summed E-state index contributed by atoms with van der Waals surface area (Å²) in [5.41, 5.74) is 10.3. The highest BCUT2D eigenvalue weighted by atomic mass is 35.5. The van der Waals surface area contributed by atoms with Crippen LogP contribution in [-0.4, -0.2) is 37.5 Å². The van der Waals surface area contributed by atoms with Gasteiger partial charge in [-0.15, -0.1) is 11.3 Å². The van der Waals surface area contributed by atoms with Crippen molar-refractivity contribution in [2.75, 3.05) is 35.7 Å². The van der Waals surface area contributed by atoms with Crippen LogP contribution in [0.1, 0.15) is 21.5 Å². The molecule has 208 valence electrons. The molecule has 4 aromatic rings. The van der Waals surface area contributed by atoms with Crippen LogP contribution in [0.4, 0.5) is 17.1 Å². The molecular formula is C30H25ClN4O5S. The van der Waals surface area contributed by atoms with Crippen LogP contribution < -0.4 is 21.3 Å². The van der Waals surface area contributed by atoms with Crippen LogP contribution in [0, 0.1) is 0 Å². The number of nitrogen functional groups attached to an aromatic ring is 1. The predicted octanol–water partition coefficient (Wildman–Crippen LogP) is 4.77. The Morgan fingerprint density at radius 2 is 1.80 bits per heavy atom. The molecule has 2 aliphatic heterocycles. The summed E-state index contributed by atoms with van der Waals surface area (Å²) < 4.78 is 11.4. The van der Waals surface area contributed by atoms with Crippen molar-refractivity contribution < 1.29 is 23.9 Å². The number of hydrogen-bond donors (Lipinski definition) is 3. The molecule has 1 spiro atoms. The Bertz CT molecular complexity index is 1640. The Kier molecular flexibility index (Phi) is 7.22. The molecule has 3 heterocycles. The van der Waals surface area contributed by atoms with Gasteiger partial charge in [0, 0.05) is 27.6 Å². The maximum absolute atomic E-state index is 13.2. The minimum absolute atomic E-state index is 0.212. The van der Waals surface area contributed by atoms with Gasteiger partial charge in [-0.3, -0.25) is 19.3 Å². The third kappa shape index (κ3) is 5.18. The summed E-state index contributed by atoms with van der Waals surface area (Å²) in [5.74, 6) is -2.68. The van der Waals surface area contributed by atoms with Crippen molar-refractivity contribution in [3.8, 4) is 10.4 Å². The summed E-state index contributed by atoms with van der Waals surface area (Å²) in [4.78, 5) is 41.4. The number of rotatable bonds is 7. The summed E-state index contributed by atoms with van der Waals surface area (Å²) in [7, 11) is 0. The van der Waals surface area contributed by atoms with Gasteiger partial charge in [-0.25, -0.2) is 0 Å². The second-order valence-electron chi connectivity index (χ2n) is 9.57. The first-order valence-corrected chi connectivity index (χ1v) is 14.1. The zero-order valence-electron chi connectivity index (χ0n) is 21.7. The standard InChI is InChI=1S/C30H25ClN4O5S/c31-21-8-10-25-22(15-21)30(39-11-12-40-30)29(38)35(25)17-27(36)33-16-18-3-5-19(6-4-18)28(37)34-24-14-20(7-9-23(24)32)26-2-1-13-41-26/h1-10,13-15H,11-12,16-17,32H2,(H,33,36)(H,34,37). The van der Waals surface area contributed by atoms with Gasteiger partial charge in [0.15, 0.2) is 0 Å². The molecule has 0 radical (unpaired) electrons. The molecule has 41 heavy (non-hydrogen) atoms. The number of nitrogens with one attached hydrogen (secondary N) is 2. The molecule has 11 heteroatoms. The number of anilines is 3. The quantitative estimate of drug-likeness (QED) is 0.267. The summed E-state index contributed by atoms with van der Waals surface area (Å²) in [6.45, 7) is 0.528. The highest BCUT2D eigenvalue weighted by Gasteiger charge is 2.56. The molecule has 9 nitrogen and oxygen atoms in total. The first-order valence-electron chi connectivity index (χ1n) is 12.8. The Morgan fingerprint density at radius 3 is 2.54 bits per heavy atom. The fourth-order valence-electron chi connectivity index (χ4n) is 4.89. The molecule has 4 N–H and O–H groups in total. The van der Waals surface area contributed by atoms with E-state index in [4.69, 9.17) is 26.8 Å². The molecule has 2 aliphatic rings. The van der Waals surface area contributed by atoms with E-state index in [-0.39, 0.29) is 38.1 Å². The Morgan fingerprint density at radius 1 is 1.02 bits per heavy atom. The summed E-state index contributed by atoms with van der Waals surface area (Å²) in [6, 6.07) is 21.4. The number of amides is 3. The van der Waals surface area contributed by atoms with Gasteiger partial charge in [0.05, 0.1) is 30.3 Å². The second kappa shape index (κ2) is 11.0. The predicted molar refractivity (Wildman–Crippen MR) is 158 cm³/mol. The van der Waals surface area contributed by atoms with E-state index < -0.39 is 11.7 Å². The minimum Gasteiger partial charge on any atom is -0.397 e. The van der Waals surface area contributed by atoms with Gasteiger partial charge in [0.1, 0.15) is 6.54 Å². The third-order valence-electron chi connectivity index (χ3n) is 6.94. The highest BCUT2D eigenvalue weighted by Crippen LogP contribution is 2.46. The number of carbonyl (C=O) groups excluding carboxylic acids is 3. The van der Waals surface area contributed by atoms with E-state index in [1.807, 2.05) is 29.6 Å². The zero-order chi connectivity index (χ0) is 28.6. The molecule has 1 aromatic heterocycles. The molecule has 0 atom stereocenters. The molecule has 1 fully saturated rings. The van der Waals surface area contributed by atoms with Crippen molar-refractivity contribution in [3.63, 3.8) is 0 Å². The Hall–Kier alpha value is -4.22. The van der Waals surface area contributed by atoms with E-state index in [1.54, 1.807) is 59.9 Å². The van der Waals surface area contributed by atoms with E-state index in [2.05, 4.69) is 10.6 Å². The lowest BCUT2D eigenvalue weighted by Gasteiger charge is -2.21. The maximum Gasteiger partial charge on any atom is 0.293 e. The fraction of sp³-hybridized carbons (Fsp3) is 0.167. The van der Waals surface area contributed by atoms with Crippen molar-refractivity contribution in [3.05, 3.63) is 99.9 Å². The SMILES string of the molecule is Nc1ccc(-c2cccs2)cc1NC(=O)c1ccc(CNC(=O)CN2C(=O)C3(OCCO3)c3cc(Cl)ccc32)cc1. The topological polar surface area (TPSA) is 123 Å². The third-order valence-corrected chi connectivity index (χ3v) is 8.09. The van der Waals surface area contributed by atoms with E-state index in [1.165, 1.54) is 4.90 Å². The van der Waals surface area contributed by atoms with Crippen molar-refractivity contribution in [2.24, 2.45) is 0 Å². The summed E-state index contributed by atoms with van der Waals surface area (Å²) >= 11 is 7.76. The van der Waals surface area contributed by atoms with Gasteiger partial charge < -0.3 is 25.8 Å². The maximum atomic E-state index is 13.2. The first-order chi connectivity index (χ1) is 19.8. The zero-order valence-corrected chi connectivity index (χ0v) is 23.3. The van der Waals surface area contributed by atoms with Crippen LogP contribution in [0.25, 0.3) is 10.4 Å². The molecule has 0 bridgehead atoms. The minimum atomic E-state index is -1.56. The lowest BCUT2D eigenvalue weighted by molar-refractivity contribution is -0.180. The molecular weight excluding hydrogens is 564 g/mol. The van der Waals surface area contributed by atoms with Crippen molar-refractivity contribution in [2.45, 2.75) is 12.3 Å². The van der Waals surface area contributed by atoms with E-state index in [0.29, 0.717) is 33.2 Å². The van der Waals surface area contributed by atoms with Gasteiger partial charge in [-0.2, -0.15) is 0 Å². The molecule has 0 unspecified atom stereocenters. The van der Waals surface area contributed by atoms with Crippen LogP contribution >= 0.6 is 22.9 Å². The van der Waals surface area contributed by atoms with Crippen LogP contribution in [0.2, 0.25) is 5.02 Å². The van der Waals surface area contributed by atoms with Crippen LogP contribution in [0.3, 0.4) is 0 Å². The van der Waals surface area contributed by atoms with Crippen molar-refractivity contribution in [1.29, 1.82) is 0 Å². The van der Waals surface area contributed by atoms with Crippen molar-refractivity contribution in [1.82, 2.24) is 5.32 Å². The monoisotopic (exact) mass is 588 g/mol. The van der Waals surface area contributed by atoms with Gasteiger partial charge in [-0.1, -0.05) is 35.9 Å². The molecule has 3 amide bonds. The lowest BCUT2D eigenvalue weighted by atomic mass is 10.1. The van der Waals surface area contributed by atoms with Gasteiger partial charge >= 0.3 is 0 Å². The number of nitrogens with two attached hydrogens (primary N) is 1. The van der Waals surface area contributed by atoms with E-state index in [9.17, 15) is 14.4 Å². The normalized spacial score (nSPS) is 15.2. The second-order valence-corrected chi connectivity index (χ2v) is 11.0. The van der Waals surface area contributed by atoms with Crippen LogP contribution in [-0.2, 0) is 31.4 Å². The van der Waals surface area contributed by atoms with E-state index >= 15 is 0 Å². The number of hydrogen-bond acceptors (Lipinski definition) is 7. The number of benzene rings is 3. The van der Waals surface area contributed by atoms with Crippen molar-refractivity contribution >= 4 is 57.7 Å². The molecule has 0 aliphatic carbocycles. The number of nitrogens with zero attached hydrogens (tertiary/aromatic N) is 1. The first kappa shape index (κ1) is 27.0. The number of fused-ring (bicyclic) bond motifs is 2. The number of thiophene rings is 1. The average Bonchev–Trinajstić information content (AvgIpc) is 3.73. The highest BCUT2D eigenvalue weighted by molar-refractivity contribution is 7.13. The lowest BCUT2D eigenvalue weighted by Crippen LogP contribution is -2.45.